The number of ether oxygens (including phenoxy) is 1. The quantitative estimate of drug-likeness (QED) is 0.630. The van der Waals surface area contributed by atoms with Crippen molar-refractivity contribution in [2.75, 3.05) is 13.7 Å². The summed E-state index contributed by atoms with van der Waals surface area (Å²) in [4.78, 5) is 22.2. The highest BCUT2D eigenvalue weighted by Gasteiger charge is 2.09. The van der Waals surface area contributed by atoms with Crippen LogP contribution in [0.5, 0.6) is 0 Å². The van der Waals surface area contributed by atoms with E-state index in [2.05, 4.69) is 21.9 Å². The van der Waals surface area contributed by atoms with Crippen LogP contribution in [0.4, 0.5) is 0 Å². The van der Waals surface area contributed by atoms with E-state index in [4.69, 9.17) is 0 Å². The lowest BCUT2D eigenvalue weighted by Gasteiger charge is -2.03. The standard InChI is InChI=1S/C14H15NO3/c1-10-6-7-13(14(17)18-3)12(9-10)5-4-8-15-11(2)16/h6-7,9H,8H2,1-3H3,(H,15,16). The topological polar surface area (TPSA) is 55.4 Å². The molecule has 0 radical (unpaired) electrons. The molecule has 1 aromatic carbocycles. The molecule has 0 aliphatic rings. The van der Waals surface area contributed by atoms with E-state index in [0.717, 1.165) is 5.56 Å². The third-order valence-electron chi connectivity index (χ3n) is 2.23. The lowest BCUT2D eigenvalue weighted by Crippen LogP contribution is -2.19. The Morgan fingerprint density at radius 3 is 2.72 bits per heavy atom. The van der Waals surface area contributed by atoms with E-state index in [0.29, 0.717) is 11.1 Å². The molecule has 1 amide bonds. The number of rotatable bonds is 2. The monoisotopic (exact) mass is 245 g/mol. The normalized spacial score (nSPS) is 9.06. The van der Waals surface area contributed by atoms with Crippen LogP contribution in [-0.2, 0) is 9.53 Å². The molecule has 0 unspecified atom stereocenters. The molecule has 94 valence electrons. The molecule has 0 saturated heterocycles. The van der Waals surface area contributed by atoms with Gasteiger partial charge in [0.2, 0.25) is 5.91 Å². The molecule has 0 bridgehead atoms. The van der Waals surface area contributed by atoms with Crippen molar-refractivity contribution >= 4 is 11.9 Å². The minimum Gasteiger partial charge on any atom is -0.465 e. The highest BCUT2D eigenvalue weighted by molar-refractivity contribution is 5.92. The highest BCUT2D eigenvalue weighted by atomic mass is 16.5. The van der Waals surface area contributed by atoms with Gasteiger partial charge in [0, 0.05) is 12.5 Å². The summed E-state index contributed by atoms with van der Waals surface area (Å²) in [5.74, 6) is 5.09. The molecule has 4 heteroatoms. The van der Waals surface area contributed by atoms with Gasteiger partial charge in [-0.3, -0.25) is 4.79 Å². The lowest BCUT2D eigenvalue weighted by atomic mass is 10.0. The van der Waals surface area contributed by atoms with Crippen LogP contribution in [0.15, 0.2) is 18.2 Å². The first-order valence-corrected chi connectivity index (χ1v) is 5.47. The fourth-order valence-electron chi connectivity index (χ4n) is 1.36. The molecule has 0 saturated carbocycles. The molecule has 0 aliphatic heterocycles. The molecule has 1 aromatic rings. The second-order valence-corrected chi connectivity index (χ2v) is 3.75. The number of methoxy groups -OCH3 is 1. The van der Waals surface area contributed by atoms with Crippen molar-refractivity contribution in [3.05, 3.63) is 34.9 Å². The summed E-state index contributed by atoms with van der Waals surface area (Å²) >= 11 is 0. The molecule has 0 aliphatic carbocycles. The molecule has 0 heterocycles. The lowest BCUT2D eigenvalue weighted by molar-refractivity contribution is -0.118. The van der Waals surface area contributed by atoms with Crippen LogP contribution in [0.25, 0.3) is 0 Å². The number of hydrogen-bond donors (Lipinski definition) is 1. The Balaban J connectivity index is 2.95. The van der Waals surface area contributed by atoms with Crippen molar-refractivity contribution in [3.8, 4) is 11.8 Å². The van der Waals surface area contributed by atoms with Gasteiger partial charge in [0.15, 0.2) is 0 Å². The van der Waals surface area contributed by atoms with E-state index in [9.17, 15) is 9.59 Å². The fraction of sp³-hybridized carbons (Fsp3) is 0.286. The Labute approximate surface area is 106 Å². The highest BCUT2D eigenvalue weighted by Crippen LogP contribution is 2.11. The maximum atomic E-state index is 11.5. The summed E-state index contributed by atoms with van der Waals surface area (Å²) < 4.78 is 4.68. The number of esters is 1. The summed E-state index contributed by atoms with van der Waals surface area (Å²) in [7, 11) is 1.33. The van der Waals surface area contributed by atoms with Gasteiger partial charge in [0.1, 0.15) is 0 Å². The van der Waals surface area contributed by atoms with E-state index in [1.54, 1.807) is 6.07 Å². The summed E-state index contributed by atoms with van der Waals surface area (Å²) in [5, 5.41) is 2.56. The van der Waals surface area contributed by atoms with Crippen molar-refractivity contribution in [1.29, 1.82) is 0 Å². The molecule has 0 aromatic heterocycles. The predicted molar refractivity (Wildman–Crippen MR) is 68.1 cm³/mol. The molecular weight excluding hydrogens is 230 g/mol. The van der Waals surface area contributed by atoms with Crippen LogP contribution in [-0.4, -0.2) is 25.5 Å². The molecule has 1 N–H and O–H groups in total. The van der Waals surface area contributed by atoms with Crippen molar-refractivity contribution in [2.45, 2.75) is 13.8 Å². The molecule has 1 rings (SSSR count). The molecule has 4 nitrogen and oxygen atoms in total. The van der Waals surface area contributed by atoms with E-state index in [1.165, 1.54) is 14.0 Å². The Kier molecular flexibility index (Phi) is 4.94. The van der Waals surface area contributed by atoms with Crippen molar-refractivity contribution in [1.82, 2.24) is 5.32 Å². The number of aryl methyl sites for hydroxylation is 1. The van der Waals surface area contributed by atoms with Crippen LogP contribution in [0, 0.1) is 18.8 Å². The van der Waals surface area contributed by atoms with E-state index >= 15 is 0 Å². The predicted octanol–water partition coefficient (Wildman–Crippen LogP) is 1.27. The number of carbonyl (C=O) groups is 2. The molecular formula is C14H15NO3. The van der Waals surface area contributed by atoms with Crippen molar-refractivity contribution in [3.63, 3.8) is 0 Å². The second-order valence-electron chi connectivity index (χ2n) is 3.75. The maximum Gasteiger partial charge on any atom is 0.339 e. The van der Waals surface area contributed by atoms with Crippen molar-refractivity contribution in [2.24, 2.45) is 0 Å². The summed E-state index contributed by atoms with van der Waals surface area (Å²) in [6.07, 6.45) is 0. The average molecular weight is 245 g/mol. The van der Waals surface area contributed by atoms with Gasteiger partial charge in [-0.1, -0.05) is 17.9 Å². The summed E-state index contributed by atoms with van der Waals surface area (Å²) in [6.45, 7) is 3.60. The second kappa shape index (κ2) is 6.45. The van der Waals surface area contributed by atoms with Gasteiger partial charge in [-0.05, 0) is 24.6 Å². The number of hydrogen-bond acceptors (Lipinski definition) is 3. The van der Waals surface area contributed by atoms with E-state index in [-0.39, 0.29) is 12.5 Å². The maximum absolute atomic E-state index is 11.5. The number of nitrogens with one attached hydrogen (secondary N) is 1. The van der Waals surface area contributed by atoms with E-state index < -0.39 is 5.97 Å². The van der Waals surface area contributed by atoms with Gasteiger partial charge in [0.25, 0.3) is 0 Å². The minimum atomic E-state index is -0.418. The summed E-state index contributed by atoms with van der Waals surface area (Å²) in [5.41, 5.74) is 2.04. The number of benzene rings is 1. The van der Waals surface area contributed by atoms with E-state index in [1.807, 2.05) is 19.1 Å². The van der Waals surface area contributed by atoms with Crippen LogP contribution in [0.1, 0.15) is 28.4 Å². The summed E-state index contributed by atoms with van der Waals surface area (Å²) in [6, 6.07) is 5.32. The zero-order chi connectivity index (χ0) is 13.5. The van der Waals surface area contributed by atoms with Crippen LogP contribution >= 0.6 is 0 Å². The number of carbonyl (C=O) groups excluding carboxylic acids is 2. The third-order valence-corrected chi connectivity index (χ3v) is 2.23. The SMILES string of the molecule is COC(=O)c1ccc(C)cc1C#CCNC(C)=O. The average Bonchev–Trinajstić information content (AvgIpc) is 2.33. The zero-order valence-corrected chi connectivity index (χ0v) is 10.7. The third kappa shape index (κ3) is 3.95. The first kappa shape index (κ1) is 13.8. The molecule has 0 atom stereocenters. The first-order valence-electron chi connectivity index (χ1n) is 5.47. The molecule has 18 heavy (non-hydrogen) atoms. The Morgan fingerprint density at radius 1 is 1.39 bits per heavy atom. The Bertz CT molecular complexity index is 524. The Hall–Kier alpha value is -2.28. The fourth-order valence-corrected chi connectivity index (χ4v) is 1.36. The largest absolute Gasteiger partial charge is 0.465 e. The molecule has 0 spiro atoms. The van der Waals surface area contributed by atoms with Crippen LogP contribution in [0.2, 0.25) is 0 Å². The minimum absolute atomic E-state index is 0.137. The van der Waals surface area contributed by atoms with Crippen LogP contribution in [0.3, 0.4) is 0 Å². The van der Waals surface area contributed by atoms with Gasteiger partial charge in [-0.25, -0.2) is 4.79 Å². The van der Waals surface area contributed by atoms with Gasteiger partial charge in [-0.2, -0.15) is 0 Å². The van der Waals surface area contributed by atoms with Gasteiger partial charge < -0.3 is 10.1 Å². The van der Waals surface area contributed by atoms with Gasteiger partial charge in [-0.15, -0.1) is 0 Å². The first-order chi connectivity index (χ1) is 8.54. The van der Waals surface area contributed by atoms with Gasteiger partial charge in [0.05, 0.1) is 19.2 Å². The molecule has 0 fully saturated rings. The number of amides is 1. The zero-order valence-electron chi connectivity index (χ0n) is 10.7. The van der Waals surface area contributed by atoms with Crippen LogP contribution < -0.4 is 5.32 Å². The van der Waals surface area contributed by atoms with Gasteiger partial charge >= 0.3 is 5.97 Å². The smallest absolute Gasteiger partial charge is 0.339 e. The van der Waals surface area contributed by atoms with Crippen molar-refractivity contribution < 1.29 is 14.3 Å². The Morgan fingerprint density at radius 2 is 2.11 bits per heavy atom.